The lowest BCUT2D eigenvalue weighted by Gasteiger charge is -2.32. The standard InChI is InChI=1S/C17H22N2S/c1-3-15(17-18-10-11-20-17)19-16-9-8-12(2)13-6-4-5-7-14(13)16/h4-7,10-12,15-16,19H,3,8-9H2,1-2H3. The summed E-state index contributed by atoms with van der Waals surface area (Å²) in [7, 11) is 0. The van der Waals surface area contributed by atoms with E-state index in [1.807, 2.05) is 6.20 Å². The quantitative estimate of drug-likeness (QED) is 0.871. The second kappa shape index (κ2) is 6.06. The van der Waals surface area contributed by atoms with Crippen molar-refractivity contribution in [1.29, 1.82) is 0 Å². The van der Waals surface area contributed by atoms with Gasteiger partial charge < -0.3 is 5.32 Å². The minimum Gasteiger partial charge on any atom is -0.301 e. The summed E-state index contributed by atoms with van der Waals surface area (Å²) in [6.07, 6.45) is 5.48. The van der Waals surface area contributed by atoms with Crippen LogP contribution in [0.1, 0.15) is 67.2 Å². The van der Waals surface area contributed by atoms with Gasteiger partial charge in [0.05, 0.1) is 6.04 Å². The molecule has 0 bridgehead atoms. The molecule has 1 heterocycles. The first-order valence-corrected chi connectivity index (χ1v) is 8.41. The van der Waals surface area contributed by atoms with Gasteiger partial charge in [-0.05, 0) is 36.3 Å². The van der Waals surface area contributed by atoms with Gasteiger partial charge in [-0.2, -0.15) is 0 Å². The molecule has 0 radical (unpaired) electrons. The topological polar surface area (TPSA) is 24.9 Å². The molecule has 0 saturated carbocycles. The zero-order valence-electron chi connectivity index (χ0n) is 12.2. The van der Waals surface area contributed by atoms with Gasteiger partial charge in [0.2, 0.25) is 0 Å². The van der Waals surface area contributed by atoms with E-state index in [-0.39, 0.29) is 0 Å². The minimum absolute atomic E-state index is 0.376. The zero-order chi connectivity index (χ0) is 13.9. The van der Waals surface area contributed by atoms with E-state index in [0.717, 1.165) is 6.42 Å². The molecule has 0 aliphatic heterocycles. The van der Waals surface area contributed by atoms with Gasteiger partial charge in [0.25, 0.3) is 0 Å². The first kappa shape index (κ1) is 13.8. The van der Waals surface area contributed by atoms with E-state index in [9.17, 15) is 0 Å². The normalized spacial score (nSPS) is 23.3. The Kier molecular flexibility index (Phi) is 4.18. The van der Waals surface area contributed by atoms with Crippen LogP contribution in [0.2, 0.25) is 0 Å². The molecule has 0 fully saturated rings. The van der Waals surface area contributed by atoms with Gasteiger partial charge in [-0.15, -0.1) is 11.3 Å². The highest BCUT2D eigenvalue weighted by Crippen LogP contribution is 2.38. The van der Waals surface area contributed by atoms with Crippen molar-refractivity contribution in [1.82, 2.24) is 10.3 Å². The summed E-state index contributed by atoms with van der Waals surface area (Å²) in [5.41, 5.74) is 3.01. The summed E-state index contributed by atoms with van der Waals surface area (Å²) >= 11 is 1.75. The van der Waals surface area contributed by atoms with Crippen LogP contribution in [0.4, 0.5) is 0 Å². The molecule has 1 aliphatic rings. The maximum atomic E-state index is 4.48. The van der Waals surface area contributed by atoms with Crippen LogP contribution in [0.15, 0.2) is 35.8 Å². The number of nitrogens with one attached hydrogen (secondary N) is 1. The second-order valence-electron chi connectivity index (χ2n) is 5.66. The molecule has 3 rings (SSSR count). The van der Waals surface area contributed by atoms with Crippen molar-refractivity contribution in [2.24, 2.45) is 0 Å². The van der Waals surface area contributed by atoms with Crippen molar-refractivity contribution in [2.75, 3.05) is 0 Å². The predicted molar refractivity (Wildman–Crippen MR) is 85.1 cm³/mol. The van der Waals surface area contributed by atoms with E-state index in [1.165, 1.54) is 29.0 Å². The summed E-state index contributed by atoms with van der Waals surface area (Å²) in [5, 5.41) is 7.11. The van der Waals surface area contributed by atoms with Crippen molar-refractivity contribution in [3.63, 3.8) is 0 Å². The molecule has 20 heavy (non-hydrogen) atoms. The maximum Gasteiger partial charge on any atom is 0.109 e. The molecule has 0 amide bonds. The number of nitrogens with zero attached hydrogens (tertiary/aromatic N) is 1. The van der Waals surface area contributed by atoms with Gasteiger partial charge in [-0.1, -0.05) is 38.1 Å². The Morgan fingerprint density at radius 2 is 2.10 bits per heavy atom. The number of rotatable bonds is 4. The summed E-state index contributed by atoms with van der Waals surface area (Å²) in [4.78, 5) is 4.48. The van der Waals surface area contributed by atoms with Crippen LogP contribution in [0.5, 0.6) is 0 Å². The van der Waals surface area contributed by atoms with Crippen LogP contribution < -0.4 is 5.32 Å². The number of aromatic nitrogens is 1. The van der Waals surface area contributed by atoms with E-state index < -0.39 is 0 Å². The lowest BCUT2D eigenvalue weighted by atomic mass is 9.81. The smallest absolute Gasteiger partial charge is 0.109 e. The highest BCUT2D eigenvalue weighted by Gasteiger charge is 2.26. The molecule has 1 aromatic heterocycles. The highest BCUT2D eigenvalue weighted by molar-refractivity contribution is 7.09. The molecule has 2 aromatic rings. The van der Waals surface area contributed by atoms with Crippen molar-refractivity contribution in [2.45, 2.75) is 51.1 Å². The Morgan fingerprint density at radius 1 is 1.30 bits per heavy atom. The summed E-state index contributed by atoms with van der Waals surface area (Å²) < 4.78 is 0. The van der Waals surface area contributed by atoms with Gasteiger partial charge in [0, 0.05) is 17.6 Å². The van der Waals surface area contributed by atoms with Gasteiger partial charge in [0.15, 0.2) is 0 Å². The molecular weight excluding hydrogens is 264 g/mol. The molecule has 1 aliphatic carbocycles. The zero-order valence-corrected chi connectivity index (χ0v) is 13.0. The fourth-order valence-corrected chi connectivity index (χ4v) is 3.97. The van der Waals surface area contributed by atoms with Crippen molar-refractivity contribution in [3.8, 4) is 0 Å². The average Bonchev–Trinajstić information content (AvgIpc) is 3.01. The minimum atomic E-state index is 0.376. The highest BCUT2D eigenvalue weighted by atomic mass is 32.1. The molecule has 3 atom stereocenters. The Morgan fingerprint density at radius 3 is 2.80 bits per heavy atom. The summed E-state index contributed by atoms with van der Waals surface area (Å²) in [6.45, 7) is 4.57. The molecule has 0 spiro atoms. The second-order valence-corrected chi connectivity index (χ2v) is 6.58. The number of hydrogen-bond donors (Lipinski definition) is 1. The summed E-state index contributed by atoms with van der Waals surface area (Å²) in [5.74, 6) is 0.684. The van der Waals surface area contributed by atoms with Crippen molar-refractivity contribution < 1.29 is 0 Å². The van der Waals surface area contributed by atoms with Crippen LogP contribution in [-0.2, 0) is 0 Å². The molecule has 1 N–H and O–H groups in total. The average molecular weight is 286 g/mol. The van der Waals surface area contributed by atoms with E-state index >= 15 is 0 Å². The van der Waals surface area contributed by atoms with Gasteiger partial charge in [0.1, 0.15) is 5.01 Å². The number of fused-ring (bicyclic) bond motifs is 1. The van der Waals surface area contributed by atoms with E-state index in [1.54, 1.807) is 11.3 Å². The first-order chi connectivity index (χ1) is 9.79. The number of benzene rings is 1. The third kappa shape index (κ3) is 2.65. The van der Waals surface area contributed by atoms with Crippen LogP contribution in [0.3, 0.4) is 0 Å². The molecule has 0 saturated heterocycles. The lowest BCUT2D eigenvalue weighted by molar-refractivity contribution is 0.377. The van der Waals surface area contributed by atoms with E-state index in [2.05, 4.69) is 53.8 Å². The predicted octanol–water partition coefficient (Wildman–Crippen LogP) is 4.82. The van der Waals surface area contributed by atoms with Crippen LogP contribution in [-0.4, -0.2) is 4.98 Å². The van der Waals surface area contributed by atoms with Gasteiger partial charge in [-0.25, -0.2) is 4.98 Å². The fourth-order valence-electron chi connectivity index (χ4n) is 3.19. The van der Waals surface area contributed by atoms with E-state index in [0.29, 0.717) is 18.0 Å². The van der Waals surface area contributed by atoms with Gasteiger partial charge >= 0.3 is 0 Å². The first-order valence-electron chi connectivity index (χ1n) is 7.53. The molecular formula is C17H22N2S. The molecule has 106 valence electrons. The van der Waals surface area contributed by atoms with E-state index in [4.69, 9.17) is 0 Å². The van der Waals surface area contributed by atoms with Crippen LogP contribution >= 0.6 is 11.3 Å². The Labute approximate surface area is 125 Å². The third-order valence-corrected chi connectivity index (χ3v) is 5.24. The van der Waals surface area contributed by atoms with Gasteiger partial charge in [-0.3, -0.25) is 0 Å². The third-order valence-electron chi connectivity index (χ3n) is 4.35. The summed E-state index contributed by atoms with van der Waals surface area (Å²) in [6, 6.07) is 9.75. The van der Waals surface area contributed by atoms with Crippen LogP contribution in [0, 0.1) is 0 Å². The molecule has 1 aromatic carbocycles. The molecule has 3 unspecified atom stereocenters. The molecule has 3 heteroatoms. The maximum absolute atomic E-state index is 4.48. The number of thiazole rings is 1. The molecule has 2 nitrogen and oxygen atoms in total. The lowest BCUT2D eigenvalue weighted by Crippen LogP contribution is -2.29. The van der Waals surface area contributed by atoms with Crippen molar-refractivity contribution in [3.05, 3.63) is 52.0 Å². The van der Waals surface area contributed by atoms with Crippen molar-refractivity contribution >= 4 is 11.3 Å². The SMILES string of the molecule is CCC(NC1CCC(C)c2ccccc21)c1nccs1. The fraction of sp³-hybridized carbons (Fsp3) is 0.471. The Bertz CT molecular complexity index is 550. The Balaban J connectivity index is 1.83. The van der Waals surface area contributed by atoms with Crippen LogP contribution in [0.25, 0.3) is 0 Å². The number of hydrogen-bond acceptors (Lipinski definition) is 3. The Hall–Kier alpha value is -1.19. The monoisotopic (exact) mass is 286 g/mol. The largest absolute Gasteiger partial charge is 0.301 e.